The molecule has 8 nitrogen and oxygen atoms in total. The number of halogens is 1. The van der Waals surface area contributed by atoms with Crippen molar-refractivity contribution in [2.45, 2.75) is 39.3 Å². The highest BCUT2D eigenvalue weighted by Crippen LogP contribution is 2.19. The second-order valence-corrected chi connectivity index (χ2v) is 7.63. The molecule has 1 aliphatic heterocycles. The topological polar surface area (TPSA) is 90.5 Å². The summed E-state index contributed by atoms with van der Waals surface area (Å²) >= 11 is 0. The van der Waals surface area contributed by atoms with Crippen molar-refractivity contribution in [3.05, 3.63) is 36.2 Å². The number of nitrogens with zero attached hydrogens (tertiary/aromatic N) is 4. The number of hydrogen-bond donors (Lipinski definition) is 3. The van der Waals surface area contributed by atoms with E-state index in [-0.39, 0.29) is 24.0 Å². The first-order valence-corrected chi connectivity index (χ1v) is 11.0. The van der Waals surface area contributed by atoms with Crippen molar-refractivity contribution in [3.63, 3.8) is 0 Å². The Morgan fingerprint density at radius 2 is 2.00 bits per heavy atom. The lowest BCUT2D eigenvalue weighted by Crippen LogP contribution is -2.53. The number of H-pyrrole nitrogens is 1. The molecule has 31 heavy (non-hydrogen) atoms. The Morgan fingerprint density at radius 3 is 2.65 bits per heavy atom. The molecular weight excluding hydrogens is 505 g/mol. The van der Waals surface area contributed by atoms with Crippen LogP contribution in [0.25, 0.3) is 11.4 Å². The summed E-state index contributed by atoms with van der Waals surface area (Å²) in [6, 6.07) is 8.76. The summed E-state index contributed by atoms with van der Waals surface area (Å²) in [5.74, 6) is 2.26. The van der Waals surface area contributed by atoms with Gasteiger partial charge in [-0.15, -0.1) is 24.0 Å². The Morgan fingerprint density at radius 1 is 1.23 bits per heavy atom. The number of rotatable bonds is 9. The molecule has 0 bridgehead atoms. The Kier molecular flexibility index (Phi) is 11.2. The van der Waals surface area contributed by atoms with Gasteiger partial charge < -0.3 is 15.4 Å². The molecule has 0 radical (unpaired) electrons. The summed E-state index contributed by atoms with van der Waals surface area (Å²) < 4.78 is 5.56. The number of morpholine rings is 1. The van der Waals surface area contributed by atoms with Crippen LogP contribution in [-0.4, -0.2) is 72.0 Å². The van der Waals surface area contributed by atoms with Crippen molar-refractivity contribution < 1.29 is 4.74 Å². The lowest BCUT2D eigenvalue weighted by molar-refractivity contribution is 0.00272. The Balaban J connectivity index is 0.00000341. The van der Waals surface area contributed by atoms with Gasteiger partial charge in [0.2, 0.25) is 0 Å². The minimum Gasteiger partial charge on any atom is -0.379 e. The summed E-state index contributed by atoms with van der Waals surface area (Å²) in [5, 5.41) is 13.8. The van der Waals surface area contributed by atoms with Gasteiger partial charge in [0.1, 0.15) is 6.33 Å². The standard InChI is InChI=1S/C22H35N7O.HI/c1-4-18(5-2)20(29-9-11-30-12-10-29)15-25-22(23-3)24-14-17-7-6-8-19(13-17)21-26-16-27-28-21;/h6-8,13,16,18,20H,4-5,9-12,14-15H2,1-3H3,(H2,23,24,25)(H,26,27,28);1H. The average Bonchev–Trinajstić information content (AvgIpc) is 3.34. The van der Waals surface area contributed by atoms with E-state index in [1.807, 2.05) is 19.2 Å². The number of aromatic nitrogens is 3. The zero-order chi connectivity index (χ0) is 21.2. The average molecular weight is 541 g/mol. The number of aromatic amines is 1. The highest BCUT2D eigenvalue weighted by Gasteiger charge is 2.27. The zero-order valence-electron chi connectivity index (χ0n) is 18.8. The van der Waals surface area contributed by atoms with E-state index in [4.69, 9.17) is 4.74 Å². The van der Waals surface area contributed by atoms with E-state index in [9.17, 15) is 0 Å². The van der Waals surface area contributed by atoms with Gasteiger partial charge in [0, 0.05) is 44.8 Å². The molecule has 0 amide bonds. The molecule has 1 atom stereocenters. The van der Waals surface area contributed by atoms with Gasteiger partial charge in [0.25, 0.3) is 0 Å². The van der Waals surface area contributed by atoms with Crippen LogP contribution in [0.15, 0.2) is 35.6 Å². The van der Waals surface area contributed by atoms with E-state index in [1.54, 1.807) is 0 Å². The first-order chi connectivity index (χ1) is 14.7. The Labute approximate surface area is 202 Å². The molecule has 3 N–H and O–H groups in total. The molecule has 1 saturated heterocycles. The van der Waals surface area contributed by atoms with Crippen molar-refractivity contribution in [1.82, 2.24) is 30.7 Å². The number of aliphatic imine (C=N–C) groups is 1. The molecule has 2 heterocycles. The zero-order valence-corrected chi connectivity index (χ0v) is 21.1. The summed E-state index contributed by atoms with van der Waals surface area (Å²) in [6.07, 6.45) is 3.89. The summed E-state index contributed by atoms with van der Waals surface area (Å²) in [6.45, 7) is 9.80. The summed E-state index contributed by atoms with van der Waals surface area (Å²) in [4.78, 5) is 11.2. The van der Waals surface area contributed by atoms with Gasteiger partial charge >= 0.3 is 0 Å². The molecule has 0 saturated carbocycles. The highest BCUT2D eigenvalue weighted by atomic mass is 127. The van der Waals surface area contributed by atoms with Crippen molar-refractivity contribution >= 4 is 29.9 Å². The van der Waals surface area contributed by atoms with Gasteiger partial charge in [-0.25, -0.2) is 4.98 Å². The van der Waals surface area contributed by atoms with Gasteiger partial charge in [-0.05, 0) is 17.5 Å². The van der Waals surface area contributed by atoms with E-state index >= 15 is 0 Å². The fraction of sp³-hybridized carbons (Fsp3) is 0.591. The van der Waals surface area contributed by atoms with Crippen LogP contribution >= 0.6 is 24.0 Å². The van der Waals surface area contributed by atoms with Crippen molar-refractivity contribution in [2.75, 3.05) is 39.9 Å². The number of hydrogen-bond acceptors (Lipinski definition) is 5. The normalized spacial score (nSPS) is 16.1. The number of guanidine groups is 1. The highest BCUT2D eigenvalue weighted by molar-refractivity contribution is 14.0. The van der Waals surface area contributed by atoms with E-state index in [0.717, 1.165) is 55.8 Å². The van der Waals surface area contributed by atoms with Crippen molar-refractivity contribution in [2.24, 2.45) is 10.9 Å². The van der Waals surface area contributed by atoms with E-state index in [2.05, 4.69) is 61.7 Å². The Bertz CT molecular complexity index is 774. The molecule has 3 rings (SSSR count). The predicted molar refractivity (Wildman–Crippen MR) is 136 cm³/mol. The molecule has 172 valence electrons. The molecule has 1 unspecified atom stereocenters. The molecule has 9 heteroatoms. The van der Waals surface area contributed by atoms with E-state index in [1.165, 1.54) is 19.2 Å². The van der Waals surface area contributed by atoms with Crippen LogP contribution in [0.1, 0.15) is 32.3 Å². The third-order valence-electron chi connectivity index (χ3n) is 5.89. The number of ether oxygens (including phenoxy) is 1. The predicted octanol–water partition coefficient (Wildman–Crippen LogP) is 2.89. The van der Waals surface area contributed by atoms with E-state index < -0.39 is 0 Å². The smallest absolute Gasteiger partial charge is 0.191 e. The summed E-state index contributed by atoms with van der Waals surface area (Å²) in [5.41, 5.74) is 2.19. The van der Waals surface area contributed by atoms with Crippen LogP contribution in [0.2, 0.25) is 0 Å². The van der Waals surface area contributed by atoms with Crippen LogP contribution < -0.4 is 10.6 Å². The largest absolute Gasteiger partial charge is 0.379 e. The van der Waals surface area contributed by atoms with Crippen LogP contribution in [0.5, 0.6) is 0 Å². The van der Waals surface area contributed by atoms with Gasteiger partial charge in [0.05, 0.1) is 13.2 Å². The molecule has 1 aromatic heterocycles. The molecule has 1 fully saturated rings. The minimum absolute atomic E-state index is 0. The van der Waals surface area contributed by atoms with Crippen molar-refractivity contribution in [1.29, 1.82) is 0 Å². The quantitative estimate of drug-likeness (QED) is 0.257. The molecular formula is C22H36IN7O. The number of benzene rings is 1. The van der Waals surface area contributed by atoms with Gasteiger partial charge in [-0.3, -0.25) is 15.0 Å². The molecule has 0 spiro atoms. The van der Waals surface area contributed by atoms with E-state index in [0.29, 0.717) is 18.5 Å². The lowest BCUT2D eigenvalue weighted by atomic mass is 9.92. The molecule has 1 aromatic carbocycles. The van der Waals surface area contributed by atoms with Crippen LogP contribution in [0.4, 0.5) is 0 Å². The summed E-state index contributed by atoms with van der Waals surface area (Å²) in [7, 11) is 1.82. The Hall–Kier alpha value is -1.72. The van der Waals surface area contributed by atoms with Crippen LogP contribution in [0.3, 0.4) is 0 Å². The van der Waals surface area contributed by atoms with Crippen LogP contribution in [0, 0.1) is 5.92 Å². The van der Waals surface area contributed by atoms with Gasteiger partial charge in [-0.1, -0.05) is 44.9 Å². The molecule has 2 aromatic rings. The maximum atomic E-state index is 5.56. The maximum absolute atomic E-state index is 5.56. The number of nitrogens with one attached hydrogen (secondary N) is 3. The lowest BCUT2D eigenvalue weighted by Gasteiger charge is -2.39. The third kappa shape index (κ3) is 7.43. The third-order valence-corrected chi connectivity index (χ3v) is 5.89. The minimum atomic E-state index is 0. The molecule has 1 aliphatic rings. The fourth-order valence-electron chi connectivity index (χ4n) is 4.12. The van der Waals surface area contributed by atoms with Crippen LogP contribution in [-0.2, 0) is 11.3 Å². The fourth-order valence-corrected chi connectivity index (χ4v) is 4.12. The first kappa shape index (κ1) is 25.5. The second-order valence-electron chi connectivity index (χ2n) is 7.63. The second kappa shape index (κ2) is 13.6. The SMILES string of the molecule is CCC(CC)C(CNC(=NC)NCc1cccc(-c2ncn[nH]2)c1)N1CCOCC1.I. The maximum Gasteiger partial charge on any atom is 0.191 e. The van der Waals surface area contributed by atoms with Gasteiger partial charge in [0.15, 0.2) is 11.8 Å². The monoisotopic (exact) mass is 541 g/mol. The van der Waals surface area contributed by atoms with Gasteiger partial charge in [-0.2, -0.15) is 5.10 Å². The molecule has 0 aliphatic carbocycles. The first-order valence-electron chi connectivity index (χ1n) is 11.0. The van der Waals surface area contributed by atoms with Crippen molar-refractivity contribution in [3.8, 4) is 11.4 Å².